The average molecular weight is 141 g/mol. The van der Waals surface area contributed by atoms with Crippen molar-refractivity contribution in [1.82, 2.24) is 5.32 Å². The van der Waals surface area contributed by atoms with E-state index in [-0.39, 0.29) is 11.8 Å². The van der Waals surface area contributed by atoms with E-state index in [0.29, 0.717) is 19.0 Å². The summed E-state index contributed by atoms with van der Waals surface area (Å²) in [5.74, 6) is 0.699. The van der Waals surface area contributed by atoms with E-state index in [2.05, 4.69) is 5.32 Å². The van der Waals surface area contributed by atoms with E-state index in [1.165, 1.54) is 0 Å². The predicted molar refractivity (Wildman–Crippen MR) is 35.7 cm³/mol. The second-order valence-electron chi connectivity index (χ2n) is 2.99. The number of piperidine rings is 1. The van der Waals surface area contributed by atoms with Crippen LogP contribution < -0.4 is 5.32 Å². The monoisotopic (exact) mass is 141 g/mol. The van der Waals surface area contributed by atoms with Crippen LogP contribution in [0, 0.1) is 11.8 Å². The highest BCUT2D eigenvalue weighted by Gasteiger charge is 2.34. The molecule has 0 aromatic rings. The topological polar surface area (TPSA) is 38.3 Å². The van der Waals surface area contributed by atoms with Crippen molar-refractivity contribution in [3.05, 3.63) is 0 Å². The Labute approximate surface area is 59.7 Å². The van der Waals surface area contributed by atoms with Gasteiger partial charge in [0.15, 0.2) is 0 Å². The molecule has 56 valence electrons. The molecule has 0 saturated carbocycles. The van der Waals surface area contributed by atoms with Crippen LogP contribution in [0.2, 0.25) is 0 Å². The second-order valence-corrected chi connectivity index (χ2v) is 2.99. The van der Waals surface area contributed by atoms with E-state index in [4.69, 9.17) is 4.74 Å². The number of hydrogen-bond acceptors (Lipinski definition) is 3. The van der Waals surface area contributed by atoms with Gasteiger partial charge in [-0.15, -0.1) is 0 Å². The van der Waals surface area contributed by atoms with Crippen molar-refractivity contribution in [2.45, 2.75) is 0 Å². The smallest absolute Gasteiger partial charge is 0.146 e. The minimum Gasteiger partial charge on any atom is -0.380 e. The fourth-order valence-corrected chi connectivity index (χ4v) is 1.60. The van der Waals surface area contributed by atoms with E-state index >= 15 is 0 Å². The van der Waals surface area contributed by atoms with Crippen molar-refractivity contribution >= 4 is 5.78 Å². The van der Waals surface area contributed by atoms with Gasteiger partial charge in [-0.25, -0.2) is 0 Å². The molecule has 0 radical (unpaired) electrons. The molecular weight excluding hydrogens is 130 g/mol. The van der Waals surface area contributed by atoms with Gasteiger partial charge in [0.25, 0.3) is 0 Å². The van der Waals surface area contributed by atoms with Crippen molar-refractivity contribution in [3.63, 3.8) is 0 Å². The number of ketones is 1. The molecule has 3 heteroatoms. The molecule has 1 N–H and O–H groups in total. The Balaban J connectivity index is 2.12. The Morgan fingerprint density at radius 2 is 1.90 bits per heavy atom. The highest BCUT2D eigenvalue weighted by molar-refractivity contribution is 5.85. The van der Waals surface area contributed by atoms with Crippen molar-refractivity contribution < 1.29 is 9.53 Å². The molecule has 10 heavy (non-hydrogen) atoms. The van der Waals surface area contributed by atoms with Gasteiger partial charge in [0, 0.05) is 13.1 Å². The first-order chi connectivity index (χ1) is 4.88. The number of nitrogens with one attached hydrogen (secondary N) is 1. The van der Waals surface area contributed by atoms with Gasteiger partial charge < -0.3 is 10.1 Å². The molecule has 3 nitrogen and oxygen atoms in total. The first kappa shape index (κ1) is 6.31. The lowest BCUT2D eigenvalue weighted by atomic mass is 9.88. The molecule has 2 rings (SSSR count). The quantitative estimate of drug-likeness (QED) is 0.490. The first-order valence-electron chi connectivity index (χ1n) is 3.70. The van der Waals surface area contributed by atoms with E-state index in [1.807, 2.05) is 0 Å². The number of Topliss-reactive ketones (excluding diaryl/α,β-unsaturated/α-hetero) is 1. The summed E-state index contributed by atoms with van der Waals surface area (Å²) in [7, 11) is 0. The minimum atomic E-state index is 0.146. The molecular formula is C7H11NO2. The predicted octanol–water partition coefficient (Wildman–Crippen LogP) is -0.579. The van der Waals surface area contributed by atoms with Gasteiger partial charge in [0.2, 0.25) is 0 Å². The summed E-state index contributed by atoms with van der Waals surface area (Å²) in [6.07, 6.45) is 0. The zero-order chi connectivity index (χ0) is 6.97. The molecule has 2 atom stereocenters. The number of carbonyl (C=O) groups excluding carboxylic acids is 1. The molecule has 2 heterocycles. The first-order valence-corrected chi connectivity index (χ1v) is 3.70. The third-order valence-electron chi connectivity index (χ3n) is 2.22. The zero-order valence-corrected chi connectivity index (χ0v) is 5.80. The van der Waals surface area contributed by atoms with Crippen molar-refractivity contribution in [3.8, 4) is 0 Å². The summed E-state index contributed by atoms with van der Waals surface area (Å²) in [5, 5.41) is 3.22. The van der Waals surface area contributed by atoms with Gasteiger partial charge in [-0.1, -0.05) is 0 Å². The summed E-state index contributed by atoms with van der Waals surface area (Å²) in [4.78, 5) is 11.3. The Hall–Kier alpha value is -0.410. The van der Waals surface area contributed by atoms with Crippen LogP contribution in [0.1, 0.15) is 0 Å². The van der Waals surface area contributed by atoms with Crippen molar-refractivity contribution in [1.29, 1.82) is 0 Å². The van der Waals surface area contributed by atoms with Crippen LogP contribution in [0.15, 0.2) is 0 Å². The SMILES string of the molecule is O=C1C2CNCC1COC2. The Morgan fingerprint density at radius 3 is 2.40 bits per heavy atom. The maximum Gasteiger partial charge on any atom is 0.146 e. The van der Waals surface area contributed by atoms with Crippen molar-refractivity contribution in [2.24, 2.45) is 11.8 Å². The van der Waals surface area contributed by atoms with Gasteiger partial charge in [-0.3, -0.25) is 4.79 Å². The lowest BCUT2D eigenvalue weighted by Gasteiger charge is -2.33. The van der Waals surface area contributed by atoms with Gasteiger partial charge in [-0.05, 0) is 0 Å². The number of fused-ring (bicyclic) bond motifs is 2. The summed E-state index contributed by atoms with van der Waals surface area (Å²) in [6.45, 7) is 2.88. The Morgan fingerprint density at radius 1 is 1.30 bits per heavy atom. The molecule has 2 unspecified atom stereocenters. The lowest BCUT2D eigenvalue weighted by Crippen LogP contribution is -2.51. The average Bonchev–Trinajstić information content (AvgIpc) is 1.86. The highest BCUT2D eigenvalue weighted by atomic mass is 16.5. The van der Waals surface area contributed by atoms with Gasteiger partial charge in [0.1, 0.15) is 5.78 Å². The molecule has 2 aliphatic rings. The molecule has 2 bridgehead atoms. The van der Waals surface area contributed by atoms with E-state index in [0.717, 1.165) is 13.1 Å². The highest BCUT2D eigenvalue weighted by Crippen LogP contribution is 2.17. The largest absolute Gasteiger partial charge is 0.380 e. The third kappa shape index (κ3) is 0.859. The van der Waals surface area contributed by atoms with Crippen LogP contribution in [0.4, 0.5) is 0 Å². The van der Waals surface area contributed by atoms with Crippen LogP contribution >= 0.6 is 0 Å². The molecule has 0 aromatic carbocycles. The molecule has 0 aliphatic carbocycles. The van der Waals surface area contributed by atoms with E-state index in [9.17, 15) is 4.79 Å². The number of hydrogen-bond donors (Lipinski definition) is 1. The van der Waals surface area contributed by atoms with Crippen LogP contribution in [-0.4, -0.2) is 32.1 Å². The summed E-state index contributed by atoms with van der Waals surface area (Å²) in [5.41, 5.74) is 0. The van der Waals surface area contributed by atoms with E-state index < -0.39 is 0 Å². The van der Waals surface area contributed by atoms with Crippen LogP contribution in [0.25, 0.3) is 0 Å². The Kier molecular flexibility index (Phi) is 1.47. The fraction of sp³-hybridized carbons (Fsp3) is 0.857. The molecule has 0 aromatic heterocycles. The van der Waals surface area contributed by atoms with Gasteiger partial charge >= 0.3 is 0 Å². The number of ether oxygens (including phenoxy) is 1. The summed E-state index contributed by atoms with van der Waals surface area (Å²) < 4.78 is 5.25. The van der Waals surface area contributed by atoms with Crippen LogP contribution in [0.5, 0.6) is 0 Å². The number of carbonyl (C=O) groups is 1. The molecule has 2 saturated heterocycles. The normalized spacial score (nSPS) is 39.8. The van der Waals surface area contributed by atoms with Gasteiger partial charge in [0.05, 0.1) is 25.0 Å². The standard InChI is InChI=1S/C7H11NO2/c9-7-5-1-8-2-6(7)4-10-3-5/h5-6,8H,1-4H2. The van der Waals surface area contributed by atoms with Gasteiger partial charge in [-0.2, -0.15) is 0 Å². The second kappa shape index (κ2) is 2.32. The summed E-state index contributed by atoms with van der Waals surface area (Å²) in [6, 6.07) is 0. The molecule has 2 aliphatic heterocycles. The zero-order valence-electron chi connectivity index (χ0n) is 5.80. The maximum absolute atomic E-state index is 11.3. The summed E-state index contributed by atoms with van der Waals surface area (Å²) >= 11 is 0. The van der Waals surface area contributed by atoms with Crippen LogP contribution in [0.3, 0.4) is 0 Å². The third-order valence-corrected chi connectivity index (χ3v) is 2.22. The van der Waals surface area contributed by atoms with Crippen molar-refractivity contribution in [2.75, 3.05) is 26.3 Å². The fourth-order valence-electron chi connectivity index (χ4n) is 1.60. The maximum atomic E-state index is 11.3. The molecule has 2 fully saturated rings. The minimum absolute atomic E-state index is 0.146. The van der Waals surface area contributed by atoms with E-state index in [1.54, 1.807) is 0 Å². The Bertz CT molecular complexity index is 134. The number of rotatable bonds is 0. The molecule has 0 amide bonds. The lowest BCUT2D eigenvalue weighted by molar-refractivity contribution is -0.139. The van der Waals surface area contributed by atoms with Crippen LogP contribution in [-0.2, 0) is 9.53 Å². The molecule has 0 spiro atoms.